The Morgan fingerprint density at radius 2 is 2.12 bits per heavy atom. The predicted octanol–water partition coefficient (Wildman–Crippen LogP) is 2.66. The summed E-state index contributed by atoms with van der Waals surface area (Å²) in [7, 11) is 0. The van der Waals surface area contributed by atoms with E-state index in [1.54, 1.807) is 17.0 Å². The molecule has 1 amide bonds. The maximum absolute atomic E-state index is 11.8. The Kier molecular flexibility index (Phi) is 3.47. The zero-order chi connectivity index (χ0) is 12.4. The highest BCUT2D eigenvalue weighted by molar-refractivity contribution is 9.10. The average Bonchev–Trinajstić information content (AvgIpc) is 2.30. The molecule has 0 bridgehead atoms. The van der Waals surface area contributed by atoms with Crippen molar-refractivity contribution in [2.75, 3.05) is 11.4 Å². The highest BCUT2D eigenvalue weighted by Gasteiger charge is 2.24. The van der Waals surface area contributed by atoms with Crippen LogP contribution >= 0.6 is 15.9 Å². The third-order valence-electron chi connectivity index (χ3n) is 2.80. The molecule has 4 nitrogen and oxygen atoms in total. The van der Waals surface area contributed by atoms with E-state index >= 15 is 0 Å². The summed E-state index contributed by atoms with van der Waals surface area (Å²) in [6.45, 7) is 0.598. The fourth-order valence-electron chi connectivity index (χ4n) is 1.98. The Morgan fingerprint density at radius 1 is 1.35 bits per heavy atom. The summed E-state index contributed by atoms with van der Waals surface area (Å²) in [6, 6.07) is 4.96. The standard InChI is InChI=1S/C12H12BrNO3/c13-8-4-5-10(9(7-8)12(16)17)14-6-2-1-3-11(14)15/h4-5,7H,1-3,6H2,(H,16,17). The van der Waals surface area contributed by atoms with E-state index in [2.05, 4.69) is 15.9 Å². The van der Waals surface area contributed by atoms with Gasteiger partial charge in [0, 0.05) is 17.4 Å². The molecule has 1 aliphatic heterocycles. The monoisotopic (exact) mass is 297 g/mol. The Labute approximate surface area is 107 Å². The van der Waals surface area contributed by atoms with Crippen LogP contribution in [0.15, 0.2) is 22.7 Å². The topological polar surface area (TPSA) is 57.6 Å². The van der Waals surface area contributed by atoms with Crippen LogP contribution in [-0.2, 0) is 4.79 Å². The number of hydrogen-bond acceptors (Lipinski definition) is 2. The second-order valence-electron chi connectivity index (χ2n) is 3.97. The minimum absolute atomic E-state index is 0.000993. The molecular weight excluding hydrogens is 286 g/mol. The van der Waals surface area contributed by atoms with E-state index in [0.717, 1.165) is 12.8 Å². The zero-order valence-electron chi connectivity index (χ0n) is 9.15. The van der Waals surface area contributed by atoms with Crippen LogP contribution in [0.5, 0.6) is 0 Å². The lowest BCUT2D eigenvalue weighted by Crippen LogP contribution is -2.36. The number of hydrogen-bond donors (Lipinski definition) is 1. The first kappa shape index (κ1) is 12.1. The molecule has 90 valence electrons. The van der Waals surface area contributed by atoms with Crippen molar-refractivity contribution in [3.63, 3.8) is 0 Å². The predicted molar refractivity (Wildman–Crippen MR) is 67.3 cm³/mol. The highest BCUT2D eigenvalue weighted by Crippen LogP contribution is 2.27. The molecule has 1 saturated heterocycles. The van der Waals surface area contributed by atoms with Crippen LogP contribution in [0.25, 0.3) is 0 Å². The molecule has 1 heterocycles. The summed E-state index contributed by atoms with van der Waals surface area (Å²) in [5.41, 5.74) is 0.653. The van der Waals surface area contributed by atoms with E-state index in [1.807, 2.05) is 0 Å². The third kappa shape index (κ3) is 2.49. The zero-order valence-corrected chi connectivity index (χ0v) is 10.7. The van der Waals surface area contributed by atoms with Crippen molar-refractivity contribution in [1.82, 2.24) is 0 Å². The molecule has 1 N–H and O–H groups in total. The van der Waals surface area contributed by atoms with Gasteiger partial charge in [-0.2, -0.15) is 0 Å². The molecular formula is C12H12BrNO3. The van der Waals surface area contributed by atoms with E-state index in [-0.39, 0.29) is 11.5 Å². The maximum Gasteiger partial charge on any atom is 0.337 e. The van der Waals surface area contributed by atoms with Gasteiger partial charge in [-0.15, -0.1) is 0 Å². The summed E-state index contributed by atoms with van der Waals surface area (Å²) in [5.74, 6) is -1.01. The van der Waals surface area contributed by atoms with Crippen LogP contribution in [0.4, 0.5) is 5.69 Å². The van der Waals surface area contributed by atoms with Crippen molar-refractivity contribution in [2.24, 2.45) is 0 Å². The van der Waals surface area contributed by atoms with Crippen molar-refractivity contribution in [3.8, 4) is 0 Å². The summed E-state index contributed by atoms with van der Waals surface area (Å²) >= 11 is 3.24. The Hall–Kier alpha value is -1.36. The van der Waals surface area contributed by atoms with E-state index in [1.165, 1.54) is 6.07 Å². The number of aromatic carboxylic acids is 1. The number of nitrogens with zero attached hydrogens (tertiary/aromatic N) is 1. The van der Waals surface area contributed by atoms with Gasteiger partial charge in [0.15, 0.2) is 0 Å². The first-order chi connectivity index (χ1) is 8.09. The van der Waals surface area contributed by atoms with Gasteiger partial charge in [0.25, 0.3) is 0 Å². The lowest BCUT2D eigenvalue weighted by atomic mass is 10.1. The lowest BCUT2D eigenvalue weighted by Gasteiger charge is -2.28. The van der Waals surface area contributed by atoms with Crippen molar-refractivity contribution in [3.05, 3.63) is 28.2 Å². The second-order valence-corrected chi connectivity index (χ2v) is 4.88. The summed E-state index contributed by atoms with van der Waals surface area (Å²) < 4.78 is 0.697. The molecule has 1 aliphatic rings. The minimum Gasteiger partial charge on any atom is -0.478 e. The number of piperidine rings is 1. The summed E-state index contributed by atoms with van der Waals surface area (Å²) in [5, 5.41) is 9.15. The van der Waals surface area contributed by atoms with Crippen LogP contribution in [-0.4, -0.2) is 23.5 Å². The Morgan fingerprint density at radius 3 is 2.76 bits per heavy atom. The van der Waals surface area contributed by atoms with Crippen LogP contribution in [0.3, 0.4) is 0 Å². The second kappa shape index (κ2) is 4.87. The number of carboxylic acid groups (broad SMARTS) is 1. The smallest absolute Gasteiger partial charge is 0.337 e. The number of benzene rings is 1. The normalized spacial score (nSPS) is 16.1. The lowest BCUT2D eigenvalue weighted by molar-refractivity contribution is -0.119. The quantitative estimate of drug-likeness (QED) is 0.913. The van der Waals surface area contributed by atoms with Crippen LogP contribution in [0.2, 0.25) is 0 Å². The molecule has 1 aromatic rings. The van der Waals surface area contributed by atoms with E-state index in [0.29, 0.717) is 23.1 Å². The van der Waals surface area contributed by atoms with E-state index in [4.69, 9.17) is 5.11 Å². The first-order valence-electron chi connectivity index (χ1n) is 5.43. The summed E-state index contributed by atoms with van der Waals surface area (Å²) in [4.78, 5) is 24.5. The van der Waals surface area contributed by atoms with Gasteiger partial charge in [0.1, 0.15) is 0 Å². The maximum atomic E-state index is 11.8. The molecule has 17 heavy (non-hydrogen) atoms. The van der Waals surface area contributed by atoms with Gasteiger partial charge in [-0.3, -0.25) is 4.79 Å². The van der Waals surface area contributed by atoms with Gasteiger partial charge in [-0.1, -0.05) is 15.9 Å². The first-order valence-corrected chi connectivity index (χ1v) is 6.22. The third-order valence-corrected chi connectivity index (χ3v) is 3.30. The summed E-state index contributed by atoms with van der Waals surface area (Å²) in [6.07, 6.45) is 2.30. The van der Waals surface area contributed by atoms with Gasteiger partial charge in [-0.05, 0) is 31.0 Å². The Bertz CT molecular complexity index is 473. The van der Waals surface area contributed by atoms with E-state index in [9.17, 15) is 9.59 Å². The highest BCUT2D eigenvalue weighted by atomic mass is 79.9. The molecule has 0 atom stereocenters. The van der Waals surface area contributed by atoms with Crippen LogP contribution in [0.1, 0.15) is 29.6 Å². The van der Waals surface area contributed by atoms with Crippen molar-refractivity contribution < 1.29 is 14.7 Å². The van der Waals surface area contributed by atoms with Crippen molar-refractivity contribution >= 4 is 33.5 Å². The number of halogens is 1. The van der Waals surface area contributed by atoms with Gasteiger partial charge >= 0.3 is 5.97 Å². The molecule has 5 heteroatoms. The van der Waals surface area contributed by atoms with Crippen LogP contribution < -0.4 is 4.90 Å². The van der Waals surface area contributed by atoms with Crippen molar-refractivity contribution in [1.29, 1.82) is 0 Å². The molecule has 1 aromatic carbocycles. The number of carbonyl (C=O) groups excluding carboxylic acids is 1. The molecule has 0 saturated carbocycles. The molecule has 1 fully saturated rings. The molecule has 0 aliphatic carbocycles. The van der Waals surface area contributed by atoms with E-state index < -0.39 is 5.97 Å². The molecule has 0 spiro atoms. The Balaban J connectivity index is 2.43. The molecule has 0 aromatic heterocycles. The fourth-order valence-corrected chi connectivity index (χ4v) is 2.34. The number of amides is 1. The van der Waals surface area contributed by atoms with Gasteiger partial charge < -0.3 is 10.0 Å². The van der Waals surface area contributed by atoms with Crippen molar-refractivity contribution in [2.45, 2.75) is 19.3 Å². The fraction of sp³-hybridized carbons (Fsp3) is 0.333. The van der Waals surface area contributed by atoms with Crippen LogP contribution in [0, 0.1) is 0 Å². The number of carboxylic acids is 1. The number of rotatable bonds is 2. The number of anilines is 1. The molecule has 0 unspecified atom stereocenters. The van der Waals surface area contributed by atoms with Gasteiger partial charge in [0.2, 0.25) is 5.91 Å². The molecule has 0 radical (unpaired) electrons. The average molecular weight is 298 g/mol. The van der Waals surface area contributed by atoms with Gasteiger partial charge in [0.05, 0.1) is 11.3 Å². The number of carbonyl (C=O) groups is 2. The largest absolute Gasteiger partial charge is 0.478 e. The minimum atomic E-state index is -1.01. The van der Waals surface area contributed by atoms with Gasteiger partial charge in [-0.25, -0.2) is 4.79 Å². The SMILES string of the molecule is O=C(O)c1cc(Br)ccc1N1CCCCC1=O. The molecule has 2 rings (SSSR count).